The number of nitrogens with one attached hydrogen (secondary N) is 1. The molecule has 2 aromatic carbocycles. The van der Waals surface area contributed by atoms with Crippen molar-refractivity contribution in [3.63, 3.8) is 0 Å². The van der Waals surface area contributed by atoms with E-state index in [0.717, 1.165) is 22.4 Å². The van der Waals surface area contributed by atoms with Crippen molar-refractivity contribution in [1.29, 1.82) is 0 Å². The molecule has 30 heavy (non-hydrogen) atoms. The van der Waals surface area contributed by atoms with E-state index in [-0.39, 0.29) is 18.2 Å². The van der Waals surface area contributed by atoms with Gasteiger partial charge in [-0.15, -0.1) is 0 Å². The van der Waals surface area contributed by atoms with Gasteiger partial charge in [0.25, 0.3) is 5.91 Å². The number of ether oxygens (including phenoxy) is 1. The zero-order valence-corrected chi connectivity index (χ0v) is 17.9. The van der Waals surface area contributed by atoms with Crippen LogP contribution in [0.25, 0.3) is 11.3 Å². The fourth-order valence-electron chi connectivity index (χ4n) is 3.27. The Morgan fingerprint density at radius 3 is 2.63 bits per heavy atom. The summed E-state index contributed by atoms with van der Waals surface area (Å²) >= 11 is 0. The predicted octanol–water partition coefficient (Wildman–Crippen LogP) is 3.38. The summed E-state index contributed by atoms with van der Waals surface area (Å²) < 4.78 is 7.75. The SMILES string of the molecule is CNC(=O)/C(=N/OC)c1ccccc1COc1cc(-c2ccc(C)cc2C)nn1C. The Morgan fingerprint density at radius 2 is 1.93 bits per heavy atom. The van der Waals surface area contributed by atoms with E-state index in [1.165, 1.54) is 12.7 Å². The Bertz CT molecular complexity index is 1090. The van der Waals surface area contributed by atoms with Gasteiger partial charge in [-0.3, -0.25) is 4.79 Å². The molecule has 0 atom stereocenters. The zero-order chi connectivity index (χ0) is 21.7. The van der Waals surface area contributed by atoms with Crippen molar-refractivity contribution in [2.45, 2.75) is 20.5 Å². The van der Waals surface area contributed by atoms with Gasteiger partial charge in [-0.1, -0.05) is 53.2 Å². The van der Waals surface area contributed by atoms with E-state index in [0.29, 0.717) is 11.4 Å². The molecule has 0 aliphatic carbocycles. The number of rotatable bonds is 7. The zero-order valence-electron chi connectivity index (χ0n) is 17.9. The Kier molecular flexibility index (Phi) is 6.51. The number of hydrogen-bond acceptors (Lipinski definition) is 5. The lowest BCUT2D eigenvalue weighted by molar-refractivity contribution is -0.114. The smallest absolute Gasteiger partial charge is 0.273 e. The summed E-state index contributed by atoms with van der Waals surface area (Å²) in [6.07, 6.45) is 0. The second kappa shape index (κ2) is 9.26. The van der Waals surface area contributed by atoms with Gasteiger partial charge in [-0.05, 0) is 25.0 Å². The molecule has 0 fully saturated rings. The number of carbonyl (C=O) groups is 1. The van der Waals surface area contributed by atoms with Crippen LogP contribution in [0.5, 0.6) is 5.88 Å². The lowest BCUT2D eigenvalue weighted by atomic mass is 10.0. The summed E-state index contributed by atoms with van der Waals surface area (Å²) in [4.78, 5) is 17.1. The quantitative estimate of drug-likeness (QED) is 0.482. The van der Waals surface area contributed by atoms with Crippen LogP contribution in [0.1, 0.15) is 22.3 Å². The first-order valence-electron chi connectivity index (χ1n) is 9.60. The van der Waals surface area contributed by atoms with Crippen molar-refractivity contribution in [3.8, 4) is 17.1 Å². The maximum absolute atomic E-state index is 12.2. The van der Waals surface area contributed by atoms with E-state index >= 15 is 0 Å². The standard InChI is InChI=1S/C23H26N4O3/c1-15-10-11-18(16(2)12-15)20-13-21(27(4)25-20)30-14-17-8-6-7-9-19(17)22(26-29-5)23(28)24-3/h6-13H,14H2,1-5H3,(H,24,28)/b26-22+. The summed E-state index contributed by atoms with van der Waals surface area (Å²) in [6.45, 7) is 4.39. The van der Waals surface area contributed by atoms with Gasteiger partial charge in [0.05, 0.1) is 5.69 Å². The van der Waals surface area contributed by atoms with Crippen molar-refractivity contribution in [3.05, 3.63) is 70.8 Å². The molecule has 0 bridgehead atoms. The third-order valence-electron chi connectivity index (χ3n) is 4.77. The van der Waals surface area contributed by atoms with Gasteiger partial charge in [0.2, 0.25) is 5.88 Å². The number of aryl methyl sites for hydroxylation is 3. The summed E-state index contributed by atoms with van der Waals surface area (Å²) in [5.41, 5.74) is 5.95. The molecule has 7 nitrogen and oxygen atoms in total. The number of amides is 1. The van der Waals surface area contributed by atoms with Gasteiger partial charge in [0, 0.05) is 31.3 Å². The fraction of sp³-hybridized carbons (Fsp3) is 0.261. The summed E-state index contributed by atoms with van der Waals surface area (Å²) in [5, 5.41) is 11.1. The molecule has 0 unspecified atom stereocenters. The van der Waals surface area contributed by atoms with Crippen molar-refractivity contribution in [2.24, 2.45) is 12.2 Å². The fourth-order valence-corrected chi connectivity index (χ4v) is 3.27. The summed E-state index contributed by atoms with van der Waals surface area (Å²) in [6, 6.07) is 15.6. The molecule has 0 radical (unpaired) electrons. The molecular formula is C23H26N4O3. The lowest BCUT2D eigenvalue weighted by Crippen LogP contribution is -2.29. The Morgan fingerprint density at radius 1 is 1.17 bits per heavy atom. The molecule has 1 aromatic heterocycles. The van der Waals surface area contributed by atoms with Gasteiger partial charge in [-0.25, -0.2) is 4.68 Å². The normalized spacial score (nSPS) is 11.3. The maximum atomic E-state index is 12.2. The number of nitrogens with zero attached hydrogens (tertiary/aromatic N) is 3. The molecule has 0 spiro atoms. The maximum Gasteiger partial charge on any atom is 0.273 e. The largest absolute Gasteiger partial charge is 0.473 e. The highest BCUT2D eigenvalue weighted by Crippen LogP contribution is 2.27. The first-order chi connectivity index (χ1) is 14.4. The average Bonchev–Trinajstić information content (AvgIpc) is 3.10. The van der Waals surface area contributed by atoms with Crippen LogP contribution < -0.4 is 10.1 Å². The summed E-state index contributed by atoms with van der Waals surface area (Å²) in [5.74, 6) is 0.298. The van der Waals surface area contributed by atoms with Gasteiger partial charge in [0.1, 0.15) is 13.7 Å². The van der Waals surface area contributed by atoms with E-state index in [1.54, 1.807) is 11.7 Å². The molecule has 156 valence electrons. The van der Waals surface area contributed by atoms with Crippen LogP contribution in [0.4, 0.5) is 0 Å². The topological polar surface area (TPSA) is 77.7 Å². The number of oxime groups is 1. The molecule has 1 heterocycles. The Balaban J connectivity index is 1.86. The molecule has 3 aromatic rings. The molecular weight excluding hydrogens is 380 g/mol. The molecule has 1 amide bonds. The van der Waals surface area contributed by atoms with Crippen molar-refractivity contribution in [1.82, 2.24) is 15.1 Å². The van der Waals surface area contributed by atoms with Crippen LogP contribution in [0.2, 0.25) is 0 Å². The van der Waals surface area contributed by atoms with Crippen LogP contribution in [0.3, 0.4) is 0 Å². The molecule has 0 saturated carbocycles. The van der Waals surface area contributed by atoms with Crippen LogP contribution in [0, 0.1) is 13.8 Å². The second-order valence-electron chi connectivity index (χ2n) is 6.96. The van der Waals surface area contributed by atoms with Gasteiger partial charge in [0.15, 0.2) is 5.71 Å². The Hall–Kier alpha value is -3.61. The van der Waals surface area contributed by atoms with Crippen LogP contribution in [0.15, 0.2) is 53.7 Å². The highest BCUT2D eigenvalue weighted by atomic mass is 16.6. The van der Waals surface area contributed by atoms with E-state index < -0.39 is 0 Å². The highest BCUT2D eigenvalue weighted by Gasteiger charge is 2.18. The first kappa shape index (κ1) is 21.1. The third kappa shape index (κ3) is 4.51. The minimum Gasteiger partial charge on any atom is -0.473 e. The minimum atomic E-state index is -0.332. The number of hydrogen-bond donors (Lipinski definition) is 1. The van der Waals surface area contributed by atoms with Crippen molar-refractivity contribution < 1.29 is 14.4 Å². The van der Waals surface area contributed by atoms with Gasteiger partial charge < -0.3 is 14.9 Å². The van der Waals surface area contributed by atoms with E-state index in [4.69, 9.17) is 9.57 Å². The third-order valence-corrected chi connectivity index (χ3v) is 4.77. The number of benzene rings is 2. The molecule has 0 aliphatic rings. The monoisotopic (exact) mass is 406 g/mol. The van der Waals surface area contributed by atoms with Crippen LogP contribution in [-0.2, 0) is 23.3 Å². The summed E-state index contributed by atoms with van der Waals surface area (Å²) in [7, 11) is 4.81. The molecule has 7 heteroatoms. The second-order valence-corrected chi connectivity index (χ2v) is 6.96. The van der Waals surface area contributed by atoms with E-state index in [1.807, 2.05) is 37.4 Å². The molecule has 0 saturated heterocycles. The predicted molar refractivity (Wildman–Crippen MR) is 117 cm³/mol. The minimum absolute atomic E-state index is 0.195. The molecule has 0 aliphatic heterocycles. The molecule has 3 rings (SSSR count). The van der Waals surface area contributed by atoms with Crippen LogP contribution >= 0.6 is 0 Å². The number of likely N-dealkylation sites (N-methyl/N-ethyl adjacent to an activating group) is 1. The number of carbonyl (C=O) groups excluding carboxylic acids is 1. The van der Waals surface area contributed by atoms with Crippen molar-refractivity contribution >= 4 is 11.6 Å². The van der Waals surface area contributed by atoms with Gasteiger partial charge in [-0.2, -0.15) is 5.10 Å². The first-order valence-corrected chi connectivity index (χ1v) is 9.60. The van der Waals surface area contributed by atoms with Crippen molar-refractivity contribution in [2.75, 3.05) is 14.2 Å². The van der Waals surface area contributed by atoms with Crippen LogP contribution in [-0.4, -0.2) is 35.6 Å². The Labute approximate surface area is 176 Å². The van der Waals surface area contributed by atoms with E-state index in [9.17, 15) is 4.79 Å². The van der Waals surface area contributed by atoms with Gasteiger partial charge >= 0.3 is 0 Å². The lowest BCUT2D eigenvalue weighted by Gasteiger charge is -2.12. The highest BCUT2D eigenvalue weighted by molar-refractivity contribution is 6.45. The molecule has 1 N–H and O–H groups in total. The average molecular weight is 406 g/mol. The van der Waals surface area contributed by atoms with E-state index in [2.05, 4.69) is 47.6 Å². The number of aromatic nitrogens is 2.